The molecule has 0 spiro atoms. The van der Waals surface area contributed by atoms with Gasteiger partial charge >= 0.3 is 0 Å². The van der Waals surface area contributed by atoms with Crippen molar-refractivity contribution in [1.82, 2.24) is 24.5 Å². The fourth-order valence-electron chi connectivity index (χ4n) is 4.38. The molecule has 2 atom stereocenters. The molecule has 3 aromatic rings. The Bertz CT molecular complexity index is 1070. The summed E-state index contributed by atoms with van der Waals surface area (Å²) in [5.41, 5.74) is 0.868. The van der Waals surface area contributed by atoms with E-state index in [-0.39, 0.29) is 11.5 Å². The van der Waals surface area contributed by atoms with Crippen LogP contribution < -0.4 is 10.9 Å². The van der Waals surface area contributed by atoms with E-state index in [0.717, 1.165) is 28.9 Å². The molecule has 29 heavy (non-hydrogen) atoms. The lowest BCUT2D eigenvalue weighted by Gasteiger charge is -2.29. The van der Waals surface area contributed by atoms with Gasteiger partial charge in [-0.2, -0.15) is 0 Å². The highest BCUT2D eigenvalue weighted by molar-refractivity contribution is 7.17. The monoisotopic (exact) mass is 415 g/mol. The second kappa shape index (κ2) is 8.65. The van der Waals surface area contributed by atoms with Crippen LogP contribution in [0.2, 0.25) is 0 Å². The molecule has 0 radical (unpaired) electrons. The number of thiophene rings is 1. The number of nitrogens with zero attached hydrogens (tertiary/aromatic N) is 4. The van der Waals surface area contributed by atoms with Gasteiger partial charge in [-0.15, -0.1) is 21.5 Å². The molecule has 1 aliphatic carbocycles. The van der Waals surface area contributed by atoms with Crippen molar-refractivity contribution in [3.63, 3.8) is 0 Å². The van der Waals surface area contributed by atoms with Crippen LogP contribution in [0.25, 0.3) is 16.0 Å². The summed E-state index contributed by atoms with van der Waals surface area (Å²) < 4.78 is 4.44. The number of fused-ring (bicyclic) bond motifs is 3. The molecule has 1 amide bonds. The molecule has 0 unspecified atom stereocenters. The Morgan fingerprint density at radius 2 is 2.14 bits per heavy atom. The number of nitrogens with one attached hydrogen (secondary N) is 1. The average Bonchev–Trinajstić information content (AvgIpc) is 3.34. The molecule has 4 rings (SSSR count). The molecule has 8 heteroatoms. The Balaban J connectivity index is 1.49. The summed E-state index contributed by atoms with van der Waals surface area (Å²) >= 11 is 1.46. The highest BCUT2D eigenvalue weighted by Crippen LogP contribution is 2.24. The lowest BCUT2D eigenvalue weighted by Crippen LogP contribution is -2.40. The van der Waals surface area contributed by atoms with Crippen LogP contribution in [0.3, 0.4) is 0 Å². The molecule has 156 valence electrons. The number of carbonyl (C=O) groups is 1. The molecule has 0 saturated heterocycles. The summed E-state index contributed by atoms with van der Waals surface area (Å²) in [6, 6.07) is 2.27. The summed E-state index contributed by atoms with van der Waals surface area (Å²) in [5, 5.41) is 13.8. The normalized spacial score (nSPS) is 19.8. The number of aryl methyl sites for hydroxylation is 2. The van der Waals surface area contributed by atoms with Crippen molar-refractivity contribution in [1.29, 1.82) is 0 Å². The number of amides is 1. The fourth-order valence-corrected chi connectivity index (χ4v) is 5.21. The maximum atomic E-state index is 12.8. The summed E-state index contributed by atoms with van der Waals surface area (Å²) in [4.78, 5) is 25.2. The number of carbonyl (C=O) groups excluding carboxylic acids is 1. The number of hydrogen-bond acceptors (Lipinski definition) is 5. The van der Waals surface area contributed by atoms with Crippen LogP contribution >= 0.6 is 11.3 Å². The summed E-state index contributed by atoms with van der Waals surface area (Å²) in [6.07, 6.45) is 7.48. The van der Waals surface area contributed by atoms with Crippen molar-refractivity contribution < 1.29 is 4.79 Å². The summed E-state index contributed by atoms with van der Waals surface area (Å²) in [5.74, 6) is 2.10. The minimum Gasteiger partial charge on any atom is -0.353 e. The van der Waals surface area contributed by atoms with Gasteiger partial charge in [-0.05, 0) is 43.0 Å². The van der Waals surface area contributed by atoms with Gasteiger partial charge in [-0.25, -0.2) is 0 Å². The molecule has 1 fully saturated rings. The quantitative estimate of drug-likeness (QED) is 0.640. The maximum absolute atomic E-state index is 12.8. The van der Waals surface area contributed by atoms with Gasteiger partial charge in [0.05, 0.1) is 5.52 Å². The molecule has 7 nitrogen and oxygen atoms in total. The van der Waals surface area contributed by atoms with E-state index in [4.69, 9.17) is 0 Å². The SMILES string of the molecule is CCCn1c(=O)c2sccc2n2c(CCCC(=O)N[C@H]3CCCC[C@@H]3C)nnc12. The zero-order valence-electron chi connectivity index (χ0n) is 17.2. The first-order valence-electron chi connectivity index (χ1n) is 10.7. The van der Waals surface area contributed by atoms with Crippen molar-refractivity contribution in [2.24, 2.45) is 5.92 Å². The number of hydrogen-bond donors (Lipinski definition) is 1. The topological polar surface area (TPSA) is 81.3 Å². The first-order chi connectivity index (χ1) is 14.1. The minimum atomic E-state index is 0.00396. The van der Waals surface area contributed by atoms with Crippen molar-refractivity contribution in [3.8, 4) is 0 Å². The van der Waals surface area contributed by atoms with E-state index in [1.54, 1.807) is 4.57 Å². The Morgan fingerprint density at radius 1 is 1.31 bits per heavy atom. The molecule has 1 aliphatic rings. The molecular formula is C21H29N5O2S. The first-order valence-corrected chi connectivity index (χ1v) is 11.6. The number of rotatable bonds is 7. The van der Waals surface area contributed by atoms with E-state index in [1.165, 1.54) is 30.6 Å². The van der Waals surface area contributed by atoms with Crippen LogP contribution in [0.5, 0.6) is 0 Å². The lowest BCUT2D eigenvalue weighted by atomic mass is 9.86. The van der Waals surface area contributed by atoms with E-state index in [2.05, 4.69) is 22.4 Å². The van der Waals surface area contributed by atoms with Crippen LogP contribution in [0.1, 0.15) is 64.6 Å². The van der Waals surface area contributed by atoms with E-state index in [9.17, 15) is 9.59 Å². The van der Waals surface area contributed by atoms with E-state index >= 15 is 0 Å². The van der Waals surface area contributed by atoms with Gasteiger partial charge in [0.15, 0.2) is 0 Å². The third-order valence-electron chi connectivity index (χ3n) is 5.99. The second-order valence-electron chi connectivity index (χ2n) is 8.13. The van der Waals surface area contributed by atoms with Gasteiger partial charge in [0, 0.05) is 25.4 Å². The second-order valence-corrected chi connectivity index (χ2v) is 9.05. The molecule has 1 N–H and O–H groups in total. The van der Waals surface area contributed by atoms with Crippen LogP contribution in [0, 0.1) is 5.92 Å². The molecular weight excluding hydrogens is 386 g/mol. The third kappa shape index (κ3) is 3.95. The number of aromatic nitrogens is 4. The molecule has 3 aromatic heterocycles. The predicted octanol–water partition coefficient (Wildman–Crippen LogP) is 3.53. The Kier molecular flexibility index (Phi) is 5.99. The fraction of sp³-hybridized carbons (Fsp3) is 0.619. The van der Waals surface area contributed by atoms with E-state index < -0.39 is 0 Å². The molecule has 1 saturated carbocycles. The highest BCUT2D eigenvalue weighted by Gasteiger charge is 2.23. The van der Waals surface area contributed by atoms with Crippen molar-refractivity contribution in [3.05, 3.63) is 27.6 Å². The van der Waals surface area contributed by atoms with E-state index in [0.29, 0.717) is 43.5 Å². The zero-order chi connectivity index (χ0) is 20.4. The largest absolute Gasteiger partial charge is 0.353 e. The van der Waals surface area contributed by atoms with Gasteiger partial charge < -0.3 is 5.32 Å². The summed E-state index contributed by atoms with van der Waals surface area (Å²) in [7, 11) is 0. The molecule has 0 aromatic carbocycles. The maximum Gasteiger partial charge on any atom is 0.272 e. The minimum absolute atomic E-state index is 0.00396. The van der Waals surface area contributed by atoms with Gasteiger partial charge in [-0.3, -0.25) is 18.6 Å². The summed E-state index contributed by atoms with van der Waals surface area (Å²) in [6.45, 7) is 4.90. The zero-order valence-corrected chi connectivity index (χ0v) is 18.0. The van der Waals surface area contributed by atoms with Gasteiger partial charge in [0.25, 0.3) is 5.56 Å². The van der Waals surface area contributed by atoms with Crippen LogP contribution in [0.15, 0.2) is 16.2 Å². The molecule has 0 bridgehead atoms. The van der Waals surface area contributed by atoms with Crippen LogP contribution in [0.4, 0.5) is 0 Å². The van der Waals surface area contributed by atoms with Gasteiger partial charge in [0.2, 0.25) is 11.7 Å². The average molecular weight is 416 g/mol. The van der Waals surface area contributed by atoms with Crippen molar-refractivity contribution >= 4 is 33.2 Å². The Morgan fingerprint density at radius 3 is 2.93 bits per heavy atom. The first kappa shape index (κ1) is 20.1. The van der Waals surface area contributed by atoms with Gasteiger partial charge in [-0.1, -0.05) is 26.7 Å². The molecule has 0 aliphatic heterocycles. The molecule has 3 heterocycles. The highest BCUT2D eigenvalue weighted by atomic mass is 32.1. The van der Waals surface area contributed by atoms with Gasteiger partial charge in [0.1, 0.15) is 10.5 Å². The lowest BCUT2D eigenvalue weighted by molar-refractivity contribution is -0.122. The van der Waals surface area contributed by atoms with E-state index in [1.807, 2.05) is 22.8 Å². The van der Waals surface area contributed by atoms with Crippen molar-refractivity contribution in [2.75, 3.05) is 0 Å². The Labute approximate surface area is 174 Å². The standard InChI is InChI=1S/C21H29N5O2S/c1-3-12-25-20(28)19-16(11-13-29-19)26-17(23-24-21(25)26)9-6-10-18(27)22-15-8-5-4-7-14(15)2/h11,13-15H,3-10,12H2,1-2H3,(H,22,27)/t14-,15-/m0/s1. The van der Waals surface area contributed by atoms with Crippen LogP contribution in [-0.2, 0) is 17.8 Å². The third-order valence-corrected chi connectivity index (χ3v) is 6.88. The predicted molar refractivity (Wildman–Crippen MR) is 115 cm³/mol. The van der Waals surface area contributed by atoms with Crippen LogP contribution in [-0.4, -0.2) is 31.1 Å². The Hall–Kier alpha value is -2.22. The van der Waals surface area contributed by atoms with Crippen molar-refractivity contribution in [2.45, 2.75) is 77.8 Å². The smallest absolute Gasteiger partial charge is 0.272 e.